The number of rotatable bonds is 7. The lowest BCUT2D eigenvalue weighted by atomic mass is 9.93. The summed E-state index contributed by atoms with van der Waals surface area (Å²) in [5, 5.41) is 3.20. The van der Waals surface area contributed by atoms with Gasteiger partial charge in [-0.15, -0.1) is 0 Å². The third kappa shape index (κ3) is 5.43. The number of piperidine rings is 1. The van der Waals surface area contributed by atoms with E-state index in [0.29, 0.717) is 19.5 Å². The normalized spacial score (nSPS) is 25.6. The van der Waals surface area contributed by atoms with E-state index in [1.54, 1.807) is 4.90 Å². The summed E-state index contributed by atoms with van der Waals surface area (Å²) in [6.07, 6.45) is 4.10. The van der Waals surface area contributed by atoms with Crippen LogP contribution in [0, 0.1) is 5.92 Å². The van der Waals surface area contributed by atoms with E-state index in [9.17, 15) is 13.2 Å². The van der Waals surface area contributed by atoms with Crippen LogP contribution in [0.3, 0.4) is 0 Å². The molecule has 1 unspecified atom stereocenters. The third-order valence-electron chi connectivity index (χ3n) is 5.18. The Hall–Kier alpha value is -0.660. The zero-order valence-corrected chi connectivity index (χ0v) is 15.3. The Morgan fingerprint density at radius 2 is 1.96 bits per heavy atom. The van der Waals surface area contributed by atoms with Gasteiger partial charge in [0.25, 0.3) is 0 Å². The van der Waals surface area contributed by atoms with Crippen molar-refractivity contribution in [2.75, 3.05) is 51.3 Å². The number of likely N-dealkylation sites (N-methyl/N-ethyl adjacent to an activating group) is 1. The number of hydrogen-bond donors (Lipinski definition) is 1. The second-order valence-electron chi connectivity index (χ2n) is 6.85. The quantitative estimate of drug-likeness (QED) is 0.721. The standard InChI is InChI=1S/C16H31N3O3S/c1-3-19(15-7-11-23(21,22)13-15)16(20)12-18-9-5-14(6-10-18)4-8-17-2/h14-15,17H,3-13H2,1-2H3. The molecule has 2 fully saturated rings. The van der Waals surface area contributed by atoms with Crippen LogP contribution in [0.15, 0.2) is 0 Å². The second-order valence-corrected chi connectivity index (χ2v) is 9.08. The number of sulfone groups is 1. The van der Waals surface area contributed by atoms with E-state index in [1.165, 1.54) is 6.42 Å². The van der Waals surface area contributed by atoms with Gasteiger partial charge < -0.3 is 10.2 Å². The molecule has 2 heterocycles. The molecule has 0 bridgehead atoms. The predicted molar refractivity (Wildman–Crippen MR) is 92.2 cm³/mol. The molecule has 0 aromatic heterocycles. The molecular weight excluding hydrogens is 314 g/mol. The lowest BCUT2D eigenvalue weighted by Gasteiger charge is -2.34. The van der Waals surface area contributed by atoms with Crippen molar-refractivity contribution < 1.29 is 13.2 Å². The van der Waals surface area contributed by atoms with Gasteiger partial charge in [0.05, 0.1) is 18.1 Å². The minimum atomic E-state index is -2.95. The van der Waals surface area contributed by atoms with Crippen LogP contribution in [0.4, 0.5) is 0 Å². The summed E-state index contributed by atoms with van der Waals surface area (Å²) in [5.74, 6) is 1.20. The van der Waals surface area contributed by atoms with Gasteiger partial charge in [0.1, 0.15) is 0 Å². The van der Waals surface area contributed by atoms with Crippen molar-refractivity contribution >= 4 is 15.7 Å². The first-order valence-corrected chi connectivity index (χ1v) is 10.6. The minimum absolute atomic E-state index is 0.0864. The summed E-state index contributed by atoms with van der Waals surface area (Å²) in [4.78, 5) is 16.6. The lowest BCUT2D eigenvalue weighted by Crippen LogP contribution is -2.47. The average Bonchev–Trinajstić information content (AvgIpc) is 2.87. The maximum absolute atomic E-state index is 12.6. The van der Waals surface area contributed by atoms with Crippen LogP contribution in [-0.2, 0) is 14.6 Å². The van der Waals surface area contributed by atoms with Crippen molar-refractivity contribution in [3.8, 4) is 0 Å². The molecule has 1 amide bonds. The summed E-state index contributed by atoms with van der Waals surface area (Å²) < 4.78 is 23.3. The molecule has 0 saturated carbocycles. The summed E-state index contributed by atoms with van der Waals surface area (Å²) >= 11 is 0. The Morgan fingerprint density at radius 1 is 1.26 bits per heavy atom. The predicted octanol–water partition coefficient (Wildman–Crippen LogP) is 0.344. The highest BCUT2D eigenvalue weighted by Crippen LogP contribution is 2.21. The van der Waals surface area contributed by atoms with Crippen LogP contribution < -0.4 is 5.32 Å². The smallest absolute Gasteiger partial charge is 0.237 e. The second kappa shape index (κ2) is 8.44. The molecule has 23 heavy (non-hydrogen) atoms. The molecule has 134 valence electrons. The van der Waals surface area contributed by atoms with Crippen LogP contribution in [0.5, 0.6) is 0 Å². The van der Waals surface area contributed by atoms with Gasteiger partial charge in [-0.25, -0.2) is 8.42 Å². The fourth-order valence-corrected chi connectivity index (χ4v) is 5.45. The van der Waals surface area contributed by atoms with E-state index in [0.717, 1.165) is 38.4 Å². The summed E-state index contributed by atoms with van der Waals surface area (Å²) in [5.41, 5.74) is 0. The highest BCUT2D eigenvalue weighted by atomic mass is 32.2. The van der Waals surface area contributed by atoms with Crippen molar-refractivity contribution in [1.82, 2.24) is 15.1 Å². The number of nitrogens with zero attached hydrogens (tertiary/aromatic N) is 2. The van der Waals surface area contributed by atoms with E-state index in [4.69, 9.17) is 0 Å². The fraction of sp³-hybridized carbons (Fsp3) is 0.938. The van der Waals surface area contributed by atoms with Gasteiger partial charge in [-0.2, -0.15) is 0 Å². The fourth-order valence-electron chi connectivity index (χ4n) is 3.72. The molecule has 1 N–H and O–H groups in total. The SMILES string of the molecule is CCN(C(=O)CN1CCC(CCNC)CC1)C1CCS(=O)(=O)C1. The molecule has 2 aliphatic rings. The molecule has 7 heteroatoms. The van der Waals surface area contributed by atoms with Gasteiger partial charge in [-0.05, 0) is 65.2 Å². The van der Waals surface area contributed by atoms with E-state index >= 15 is 0 Å². The Morgan fingerprint density at radius 3 is 2.48 bits per heavy atom. The molecule has 0 aliphatic carbocycles. The van der Waals surface area contributed by atoms with Crippen LogP contribution in [0.2, 0.25) is 0 Å². The van der Waals surface area contributed by atoms with Gasteiger partial charge in [0.15, 0.2) is 9.84 Å². The first-order valence-electron chi connectivity index (χ1n) is 8.82. The van der Waals surface area contributed by atoms with Crippen LogP contribution in [-0.4, -0.2) is 81.4 Å². The van der Waals surface area contributed by atoms with Gasteiger partial charge in [-0.1, -0.05) is 0 Å². The highest BCUT2D eigenvalue weighted by Gasteiger charge is 2.34. The third-order valence-corrected chi connectivity index (χ3v) is 6.93. The summed E-state index contributed by atoms with van der Waals surface area (Å²) in [7, 11) is -0.964. The van der Waals surface area contributed by atoms with E-state index in [-0.39, 0.29) is 23.5 Å². The Kier molecular flexibility index (Phi) is 6.85. The maximum Gasteiger partial charge on any atom is 0.237 e. The maximum atomic E-state index is 12.6. The molecule has 6 nitrogen and oxygen atoms in total. The summed E-state index contributed by atoms with van der Waals surface area (Å²) in [6, 6.07) is -0.120. The number of amides is 1. The molecule has 2 aliphatic heterocycles. The number of carbonyl (C=O) groups excluding carboxylic acids is 1. The van der Waals surface area contributed by atoms with Gasteiger partial charge in [0.2, 0.25) is 5.91 Å². The molecule has 1 atom stereocenters. The van der Waals surface area contributed by atoms with Crippen molar-refractivity contribution in [3.63, 3.8) is 0 Å². The molecule has 0 aromatic rings. The highest BCUT2D eigenvalue weighted by molar-refractivity contribution is 7.91. The van der Waals surface area contributed by atoms with Crippen molar-refractivity contribution in [1.29, 1.82) is 0 Å². The zero-order chi connectivity index (χ0) is 16.9. The van der Waals surface area contributed by atoms with E-state index in [2.05, 4.69) is 10.2 Å². The number of nitrogens with one attached hydrogen (secondary N) is 1. The Balaban J connectivity index is 1.79. The van der Waals surface area contributed by atoms with Crippen LogP contribution in [0.25, 0.3) is 0 Å². The van der Waals surface area contributed by atoms with Crippen molar-refractivity contribution in [3.05, 3.63) is 0 Å². The van der Waals surface area contributed by atoms with Gasteiger partial charge in [-0.3, -0.25) is 9.69 Å². The first-order chi connectivity index (χ1) is 10.9. The molecular formula is C16H31N3O3S. The number of carbonyl (C=O) groups is 1. The van der Waals surface area contributed by atoms with Crippen molar-refractivity contribution in [2.45, 2.75) is 38.6 Å². The zero-order valence-electron chi connectivity index (χ0n) is 14.5. The monoisotopic (exact) mass is 345 g/mol. The minimum Gasteiger partial charge on any atom is -0.338 e. The molecule has 0 aromatic carbocycles. The topological polar surface area (TPSA) is 69.7 Å². The van der Waals surface area contributed by atoms with Gasteiger partial charge >= 0.3 is 0 Å². The largest absolute Gasteiger partial charge is 0.338 e. The van der Waals surface area contributed by atoms with Crippen molar-refractivity contribution in [2.24, 2.45) is 5.92 Å². The lowest BCUT2D eigenvalue weighted by molar-refractivity contribution is -0.134. The van der Waals surface area contributed by atoms with E-state index < -0.39 is 9.84 Å². The van der Waals surface area contributed by atoms with Crippen LogP contribution >= 0.6 is 0 Å². The number of hydrogen-bond acceptors (Lipinski definition) is 5. The summed E-state index contributed by atoms with van der Waals surface area (Å²) in [6.45, 7) is 5.97. The Labute approximate surface area is 140 Å². The molecule has 2 saturated heterocycles. The first kappa shape index (κ1) is 18.7. The molecule has 2 rings (SSSR count). The van der Waals surface area contributed by atoms with Gasteiger partial charge in [0, 0.05) is 12.6 Å². The van der Waals surface area contributed by atoms with Crippen LogP contribution in [0.1, 0.15) is 32.6 Å². The average molecular weight is 346 g/mol. The number of likely N-dealkylation sites (tertiary alicyclic amines) is 1. The Bertz CT molecular complexity index is 487. The molecule has 0 spiro atoms. The molecule has 0 radical (unpaired) electrons. The van der Waals surface area contributed by atoms with E-state index in [1.807, 2.05) is 14.0 Å².